The van der Waals surface area contributed by atoms with Crippen molar-refractivity contribution < 1.29 is 33.3 Å². The molecule has 4 aliphatic rings. The molecule has 2 fully saturated rings. The number of benzene rings is 3. The van der Waals surface area contributed by atoms with Crippen LogP contribution in [0.15, 0.2) is 53.7 Å². The Morgan fingerprint density at radius 3 is 2.61 bits per heavy atom. The van der Waals surface area contributed by atoms with E-state index in [0.717, 1.165) is 86.5 Å². The number of carbonyl (C=O) groups excluding carboxylic acids is 3. The van der Waals surface area contributed by atoms with E-state index < -0.39 is 17.7 Å². The largest absolute Gasteiger partial charge is 0.488 e. The van der Waals surface area contributed by atoms with Crippen molar-refractivity contribution in [2.75, 3.05) is 33.9 Å². The van der Waals surface area contributed by atoms with Gasteiger partial charge in [0, 0.05) is 43.8 Å². The molecule has 0 radical (unpaired) electrons. The molecule has 0 spiro atoms. The van der Waals surface area contributed by atoms with Crippen molar-refractivity contribution in [3.63, 3.8) is 0 Å². The predicted molar refractivity (Wildman–Crippen MR) is 217 cm³/mol. The van der Waals surface area contributed by atoms with Crippen LogP contribution in [0.25, 0.3) is 33.2 Å². The normalized spacial score (nSPS) is 20.5. The third-order valence-corrected chi connectivity index (χ3v) is 11.6. The van der Waals surface area contributed by atoms with Gasteiger partial charge in [-0.25, -0.2) is 14.6 Å². The molecule has 0 bridgehead atoms. The third kappa shape index (κ3) is 7.45. The van der Waals surface area contributed by atoms with Crippen molar-refractivity contribution in [1.82, 2.24) is 25.1 Å². The lowest BCUT2D eigenvalue weighted by Crippen LogP contribution is -2.53. The topological polar surface area (TPSA) is 148 Å². The van der Waals surface area contributed by atoms with Gasteiger partial charge in [0.05, 0.1) is 43.4 Å². The van der Waals surface area contributed by atoms with E-state index in [-0.39, 0.29) is 35.9 Å². The molecule has 0 saturated carbocycles. The number of likely N-dealkylation sites (tertiary alicyclic amines) is 2. The summed E-state index contributed by atoms with van der Waals surface area (Å²) in [5.74, 6) is 1.54. The Bertz CT molecular complexity index is 2260. The summed E-state index contributed by atoms with van der Waals surface area (Å²) in [5.41, 5.74) is 7.51. The zero-order valence-electron chi connectivity index (χ0n) is 33.8. The van der Waals surface area contributed by atoms with E-state index >= 15 is 0 Å². The number of imidazole rings is 1. The van der Waals surface area contributed by atoms with Crippen LogP contribution in [-0.2, 0) is 32.0 Å². The molecule has 0 aliphatic carbocycles. The first-order chi connectivity index (χ1) is 27.3. The Kier molecular flexibility index (Phi) is 10.2. The molecule has 4 aromatic rings. The SMILES string of the molecule is COC[C@H]1C[C@@H](c2ncc(-c3ccc4c(c3)COc3cc5c6c(ccc5cc3-4)N=C([C@@H]3CCCN3C(=O)[C@@H](NC(=O)OC)C(C)C)C6)[nH]2)N(C(=O)OC(C)(C)C)C1. The molecule has 3 amide bonds. The van der Waals surface area contributed by atoms with Crippen molar-refractivity contribution in [2.24, 2.45) is 16.8 Å². The van der Waals surface area contributed by atoms with E-state index in [1.807, 2.05) is 45.7 Å². The lowest BCUT2D eigenvalue weighted by atomic mass is 9.90. The summed E-state index contributed by atoms with van der Waals surface area (Å²) < 4.78 is 22.4. The van der Waals surface area contributed by atoms with Crippen LogP contribution in [0, 0.1) is 11.8 Å². The van der Waals surface area contributed by atoms with Crippen molar-refractivity contribution in [2.45, 2.75) is 90.6 Å². The van der Waals surface area contributed by atoms with E-state index in [2.05, 4.69) is 52.8 Å². The van der Waals surface area contributed by atoms with E-state index in [0.29, 0.717) is 32.7 Å². The summed E-state index contributed by atoms with van der Waals surface area (Å²) in [4.78, 5) is 56.1. The van der Waals surface area contributed by atoms with Gasteiger partial charge in [-0.05, 0) is 103 Å². The number of ether oxygens (including phenoxy) is 4. The number of fused-ring (bicyclic) bond motifs is 6. The van der Waals surface area contributed by atoms with E-state index in [1.54, 1.807) is 12.0 Å². The first kappa shape index (κ1) is 38.4. The zero-order chi connectivity index (χ0) is 40.2. The Hall–Kier alpha value is -5.43. The van der Waals surface area contributed by atoms with Crippen molar-refractivity contribution in [3.8, 4) is 28.1 Å². The molecule has 13 nitrogen and oxygen atoms in total. The fraction of sp³-hybridized carbons (Fsp3) is 0.477. The van der Waals surface area contributed by atoms with Gasteiger partial charge in [0.15, 0.2) is 0 Å². The number of hydrogen-bond donors (Lipinski definition) is 2. The average Bonchev–Trinajstić information content (AvgIpc) is 4.01. The minimum absolute atomic E-state index is 0.0964. The first-order valence-corrected chi connectivity index (χ1v) is 19.9. The number of methoxy groups -OCH3 is 2. The van der Waals surface area contributed by atoms with Crippen LogP contribution in [0.3, 0.4) is 0 Å². The summed E-state index contributed by atoms with van der Waals surface area (Å²) in [5, 5.41) is 4.93. The van der Waals surface area contributed by atoms with Gasteiger partial charge in [0.2, 0.25) is 5.91 Å². The Morgan fingerprint density at radius 1 is 1.04 bits per heavy atom. The highest BCUT2D eigenvalue weighted by molar-refractivity contribution is 6.06. The lowest BCUT2D eigenvalue weighted by Gasteiger charge is -2.31. The van der Waals surface area contributed by atoms with Gasteiger partial charge in [-0.2, -0.15) is 0 Å². The van der Waals surface area contributed by atoms with Crippen LogP contribution in [0.5, 0.6) is 5.75 Å². The number of aromatic amines is 1. The van der Waals surface area contributed by atoms with Gasteiger partial charge in [-0.15, -0.1) is 0 Å². The summed E-state index contributed by atoms with van der Waals surface area (Å²) in [6, 6.07) is 13.9. The van der Waals surface area contributed by atoms with Gasteiger partial charge >= 0.3 is 12.2 Å². The minimum atomic E-state index is -0.675. The fourth-order valence-corrected chi connectivity index (χ4v) is 8.86. The second kappa shape index (κ2) is 15.1. The maximum atomic E-state index is 13.8. The number of nitrogens with one attached hydrogen (secondary N) is 2. The van der Waals surface area contributed by atoms with Gasteiger partial charge in [0.25, 0.3) is 0 Å². The summed E-state index contributed by atoms with van der Waals surface area (Å²) in [7, 11) is 2.99. The molecular weight excluding hydrogens is 725 g/mol. The molecule has 8 rings (SSSR count). The Morgan fingerprint density at radius 2 is 1.86 bits per heavy atom. The Balaban J connectivity index is 1.01. The lowest BCUT2D eigenvalue weighted by molar-refractivity contribution is -0.134. The Labute approximate surface area is 333 Å². The van der Waals surface area contributed by atoms with Crippen LogP contribution in [-0.4, -0.2) is 95.2 Å². The highest BCUT2D eigenvalue weighted by Gasteiger charge is 2.41. The molecule has 5 heterocycles. The summed E-state index contributed by atoms with van der Waals surface area (Å²) in [6.07, 6.45) is 3.95. The highest BCUT2D eigenvalue weighted by Crippen LogP contribution is 2.45. The minimum Gasteiger partial charge on any atom is -0.488 e. The average molecular weight is 777 g/mol. The quantitative estimate of drug-likeness (QED) is 0.185. The van der Waals surface area contributed by atoms with Crippen LogP contribution < -0.4 is 10.1 Å². The molecule has 4 atom stereocenters. The maximum absolute atomic E-state index is 13.8. The zero-order valence-corrected chi connectivity index (χ0v) is 33.8. The van der Waals surface area contributed by atoms with Crippen molar-refractivity contribution in [3.05, 3.63) is 65.6 Å². The van der Waals surface area contributed by atoms with Gasteiger partial charge in [0.1, 0.15) is 29.8 Å². The summed E-state index contributed by atoms with van der Waals surface area (Å²) >= 11 is 0. The highest BCUT2D eigenvalue weighted by atomic mass is 16.6. The van der Waals surface area contributed by atoms with Crippen molar-refractivity contribution >= 4 is 40.3 Å². The molecule has 2 N–H and O–H groups in total. The number of aliphatic imine (C=N–C) groups is 1. The molecule has 0 unspecified atom stereocenters. The van der Waals surface area contributed by atoms with E-state index in [4.69, 9.17) is 28.9 Å². The number of aromatic nitrogens is 2. The monoisotopic (exact) mass is 776 g/mol. The first-order valence-electron chi connectivity index (χ1n) is 19.9. The number of alkyl carbamates (subject to hydrolysis) is 1. The molecule has 4 aliphatic heterocycles. The number of amides is 3. The number of rotatable bonds is 8. The fourth-order valence-electron chi connectivity index (χ4n) is 8.86. The number of H-pyrrole nitrogens is 1. The van der Waals surface area contributed by atoms with E-state index in [9.17, 15) is 14.4 Å². The molecule has 300 valence electrons. The van der Waals surface area contributed by atoms with Crippen LogP contribution in [0.2, 0.25) is 0 Å². The maximum Gasteiger partial charge on any atom is 0.410 e. The number of nitrogens with zero attached hydrogens (tertiary/aromatic N) is 4. The predicted octanol–water partition coefficient (Wildman–Crippen LogP) is 7.73. The smallest absolute Gasteiger partial charge is 0.410 e. The van der Waals surface area contributed by atoms with Crippen LogP contribution in [0.1, 0.15) is 76.9 Å². The molecule has 3 aromatic carbocycles. The van der Waals surface area contributed by atoms with Gasteiger partial charge in [-0.1, -0.05) is 32.0 Å². The standard InChI is InChI=1S/C44H52N6O7/c1-24(2)39(48-42(52)55-7)41(51)49-14-8-9-36(49)34-18-31-30-19-38-32(17-26(30)11-13-33(31)46-34)29-12-10-27(16-28(29)23-56-38)35-20-45-40(47-35)37-15-25(22-54-6)21-50(37)43(53)57-44(3,4)5/h10-13,16-17,19-20,24-25,36-37,39H,8-9,14-15,18,21-23H2,1-7H3,(H,45,47)(H,48,52)/t25-,36-,37-,39-/m0/s1. The second-order valence-electron chi connectivity index (χ2n) is 17.0. The van der Waals surface area contributed by atoms with E-state index in [1.165, 1.54) is 7.11 Å². The van der Waals surface area contributed by atoms with Crippen molar-refractivity contribution in [1.29, 1.82) is 0 Å². The second-order valence-corrected chi connectivity index (χ2v) is 17.0. The molecule has 2 saturated heterocycles. The summed E-state index contributed by atoms with van der Waals surface area (Å²) in [6.45, 7) is 11.6. The van der Waals surface area contributed by atoms with Crippen LogP contribution >= 0.6 is 0 Å². The molecule has 13 heteroatoms. The third-order valence-electron chi connectivity index (χ3n) is 11.6. The number of hydrogen-bond acceptors (Lipinski definition) is 9. The van der Waals surface area contributed by atoms with Gasteiger partial charge in [-0.3, -0.25) is 14.7 Å². The molecular formula is C44H52N6O7. The number of carbonyl (C=O) groups is 3. The van der Waals surface area contributed by atoms with Crippen LogP contribution in [0.4, 0.5) is 15.3 Å². The molecule has 1 aromatic heterocycles. The molecule has 57 heavy (non-hydrogen) atoms. The van der Waals surface area contributed by atoms with Gasteiger partial charge < -0.3 is 34.1 Å².